The lowest BCUT2D eigenvalue weighted by atomic mass is 10.3. The Balaban J connectivity index is 2.28. The van der Waals surface area contributed by atoms with Gasteiger partial charge < -0.3 is 4.42 Å². The third kappa shape index (κ3) is 2.23. The molecule has 4 nitrogen and oxygen atoms in total. The summed E-state index contributed by atoms with van der Waals surface area (Å²) < 4.78 is 5.51. The first-order chi connectivity index (χ1) is 7.31. The monoisotopic (exact) mass is 267 g/mol. The van der Waals surface area contributed by atoms with Crippen molar-refractivity contribution in [2.24, 2.45) is 0 Å². The summed E-state index contributed by atoms with van der Waals surface area (Å²) in [4.78, 5) is 4.12. The van der Waals surface area contributed by atoms with Crippen LogP contribution in [-0.2, 0) is 0 Å². The Bertz CT molecular complexity index is 429. The molecule has 2 aromatic heterocycles. The normalized spacial score (nSPS) is 12.7. The van der Waals surface area contributed by atoms with Crippen LogP contribution in [0.5, 0.6) is 0 Å². The highest BCUT2D eigenvalue weighted by Gasteiger charge is 2.14. The Morgan fingerprint density at radius 1 is 1.47 bits per heavy atom. The minimum Gasteiger partial charge on any atom is -0.419 e. The minimum atomic E-state index is 0.121. The van der Waals surface area contributed by atoms with Crippen LogP contribution >= 0.6 is 15.9 Å². The van der Waals surface area contributed by atoms with E-state index in [0.717, 1.165) is 12.0 Å². The van der Waals surface area contributed by atoms with Crippen LogP contribution in [0.4, 0.5) is 0 Å². The van der Waals surface area contributed by atoms with Crippen molar-refractivity contribution in [2.75, 3.05) is 0 Å². The Labute approximate surface area is 95.9 Å². The molecule has 0 aliphatic heterocycles. The summed E-state index contributed by atoms with van der Waals surface area (Å²) >= 11 is 3.46. The second-order valence-corrected chi connectivity index (χ2v) is 4.17. The summed E-state index contributed by atoms with van der Waals surface area (Å²) in [5.41, 5.74) is 0.840. The van der Waals surface area contributed by atoms with E-state index in [0.29, 0.717) is 11.8 Å². The maximum Gasteiger partial charge on any atom is 0.249 e. The van der Waals surface area contributed by atoms with Crippen molar-refractivity contribution in [1.82, 2.24) is 15.2 Å². The van der Waals surface area contributed by atoms with Crippen molar-refractivity contribution in [3.05, 3.63) is 30.4 Å². The first-order valence-corrected chi connectivity index (χ1v) is 5.60. The number of alkyl halides is 1. The Morgan fingerprint density at radius 2 is 2.33 bits per heavy atom. The fourth-order valence-corrected chi connectivity index (χ4v) is 1.33. The van der Waals surface area contributed by atoms with Gasteiger partial charge in [-0.2, -0.15) is 0 Å². The molecule has 0 fully saturated rings. The zero-order valence-electron chi connectivity index (χ0n) is 8.22. The summed E-state index contributed by atoms with van der Waals surface area (Å²) in [5, 5.41) is 7.94. The zero-order chi connectivity index (χ0) is 10.7. The molecule has 0 bridgehead atoms. The van der Waals surface area contributed by atoms with Crippen LogP contribution in [0.25, 0.3) is 11.5 Å². The van der Waals surface area contributed by atoms with Gasteiger partial charge in [-0.15, -0.1) is 10.2 Å². The Hall–Kier alpha value is -1.23. The van der Waals surface area contributed by atoms with E-state index in [-0.39, 0.29) is 4.83 Å². The summed E-state index contributed by atoms with van der Waals surface area (Å²) in [6, 6.07) is 3.73. The van der Waals surface area contributed by atoms with Gasteiger partial charge in [0.05, 0.1) is 10.4 Å². The van der Waals surface area contributed by atoms with E-state index in [2.05, 4.69) is 31.1 Å². The average molecular weight is 268 g/mol. The smallest absolute Gasteiger partial charge is 0.249 e. The van der Waals surface area contributed by atoms with Crippen LogP contribution in [0.15, 0.2) is 28.9 Å². The van der Waals surface area contributed by atoms with Crippen LogP contribution < -0.4 is 0 Å². The molecule has 1 atom stereocenters. The first kappa shape index (κ1) is 10.3. The summed E-state index contributed by atoms with van der Waals surface area (Å²) in [6.45, 7) is 2.05. The Morgan fingerprint density at radius 3 is 3.00 bits per heavy atom. The maximum atomic E-state index is 5.51. The van der Waals surface area contributed by atoms with Gasteiger partial charge in [-0.05, 0) is 18.6 Å². The molecule has 0 aliphatic carbocycles. The lowest BCUT2D eigenvalue weighted by Crippen LogP contribution is -1.86. The number of rotatable bonds is 3. The fraction of sp³-hybridized carbons (Fsp3) is 0.300. The fourth-order valence-electron chi connectivity index (χ4n) is 1.14. The molecule has 2 heterocycles. The SMILES string of the molecule is CCC(Br)c1nnc(-c2cccnc2)o1. The summed E-state index contributed by atoms with van der Waals surface area (Å²) in [6.07, 6.45) is 4.32. The highest BCUT2D eigenvalue weighted by atomic mass is 79.9. The molecule has 2 aromatic rings. The average Bonchev–Trinajstić information content (AvgIpc) is 2.78. The lowest BCUT2D eigenvalue weighted by Gasteiger charge is -1.97. The van der Waals surface area contributed by atoms with Crippen LogP contribution in [0, 0.1) is 0 Å². The standard InChI is InChI=1S/C10H10BrN3O/c1-2-8(11)10-14-13-9(15-10)7-4-3-5-12-6-7/h3-6,8H,2H2,1H3. The molecule has 0 radical (unpaired) electrons. The molecule has 0 amide bonds. The molecule has 0 aromatic carbocycles. The number of pyridine rings is 1. The number of hydrogen-bond donors (Lipinski definition) is 0. The van der Waals surface area contributed by atoms with Gasteiger partial charge in [0.15, 0.2) is 0 Å². The lowest BCUT2D eigenvalue weighted by molar-refractivity contribution is 0.500. The van der Waals surface area contributed by atoms with Crippen molar-refractivity contribution in [1.29, 1.82) is 0 Å². The van der Waals surface area contributed by atoms with E-state index in [1.54, 1.807) is 12.4 Å². The van der Waals surface area contributed by atoms with Gasteiger partial charge in [0, 0.05) is 12.4 Å². The van der Waals surface area contributed by atoms with E-state index in [9.17, 15) is 0 Å². The molecule has 1 unspecified atom stereocenters. The number of halogens is 1. The molecule has 5 heteroatoms. The van der Waals surface area contributed by atoms with Gasteiger partial charge in [0.25, 0.3) is 0 Å². The van der Waals surface area contributed by atoms with Gasteiger partial charge in [-0.3, -0.25) is 4.98 Å². The van der Waals surface area contributed by atoms with Crippen molar-refractivity contribution in [3.63, 3.8) is 0 Å². The molecule has 2 rings (SSSR count). The molecule has 0 saturated carbocycles. The van der Waals surface area contributed by atoms with Crippen LogP contribution in [0.2, 0.25) is 0 Å². The predicted molar refractivity (Wildman–Crippen MR) is 59.5 cm³/mol. The van der Waals surface area contributed by atoms with Gasteiger partial charge in [-0.25, -0.2) is 0 Å². The van der Waals surface area contributed by atoms with E-state index < -0.39 is 0 Å². The summed E-state index contributed by atoms with van der Waals surface area (Å²) in [5.74, 6) is 1.12. The van der Waals surface area contributed by atoms with Crippen molar-refractivity contribution < 1.29 is 4.42 Å². The highest BCUT2D eigenvalue weighted by molar-refractivity contribution is 9.09. The van der Waals surface area contributed by atoms with Crippen LogP contribution in [0.1, 0.15) is 24.1 Å². The molecule has 15 heavy (non-hydrogen) atoms. The van der Waals surface area contributed by atoms with E-state index >= 15 is 0 Å². The Kier molecular flexibility index (Phi) is 3.11. The maximum absolute atomic E-state index is 5.51. The molecular weight excluding hydrogens is 258 g/mol. The van der Waals surface area contributed by atoms with Crippen LogP contribution in [0.3, 0.4) is 0 Å². The van der Waals surface area contributed by atoms with E-state index in [4.69, 9.17) is 4.42 Å². The first-order valence-electron chi connectivity index (χ1n) is 4.69. The van der Waals surface area contributed by atoms with Gasteiger partial charge in [-0.1, -0.05) is 22.9 Å². The van der Waals surface area contributed by atoms with Crippen molar-refractivity contribution in [2.45, 2.75) is 18.2 Å². The van der Waals surface area contributed by atoms with E-state index in [1.807, 2.05) is 19.1 Å². The molecule has 0 saturated heterocycles. The second-order valence-electron chi connectivity index (χ2n) is 3.06. The summed E-state index contributed by atoms with van der Waals surface area (Å²) in [7, 11) is 0. The van der Waals surface area contributed by atoms with Crippen molar-refractivity contribution >= 4 is 15.9 Å². The van der Waals surface area contributed by atoms with Gasteiger partial charge in [0.1, 0.15) is 0 Å². The molecule has 0 spiro atoms. The molecule has 0 N–H and O–H groups in total. The topological polar surface area (TPSA) is 51.8 Å². The molecule has 78 valence electrons. The van der Waals surface area contributed by atoms with Crippen LogP contribution in [-0.4, -0.2) is 15.2 Å². The largest absolute Gasteiger partial charge is 0.419 e. The number of hydrogen-bond acceptors (Lipinski definition) is 4. The molecular formula is C10H10BrN3O. The minimum absolute atomic E-state index is 0.121. The molecule has 0 aliphatic rings. The number of aromatic nitrogens is 3. The highest BCUT2D eigenvalue weighted by Crippen LogP contribution is 2.27. The third-order valence-electron chi connectivity index (χ3n) is 1.98. The van der Waals surface area contributed by atoms with E-state index in [1.165, 1.54) is 0 Å². The number of nitrogens with zero attached hydrogens (tertiary/aromatic N) is 3. The quantitative estimate of drug-likeness (QED) is 0.803. The van der Waals surface area contributed by atoms with Gasteiger partial charge in [0.2, 0.25) is 11.8 Å². The van der Waals surface area contributed by atoms with Gasteiger partial charge >= 0.3 is 0 Å². The third-order valence-corrected chi connectivity index (χ3v) is 3.01. The second kappa shape index (κ2) is 4.53. The van der Waals surface area contributed by atoms with Crippen molar-refractivity contribution in [3.8, 4) is 11.5 Å². The predicted octanol–water partition coefficient (Wildman–Crippen LogP) is 2.98. The zero-order valence-corrected chi connectivity index (χ0v) is 9.81.